The van der Waals surface area contributed by atoms with Crippen molar-refractivity contribution >= 4 is 22.5 Å². The van der Waals surface area contributed by atoms with E-state index in [1.54, 1.807) is 6.92 Å². The van der Waals surface area contributed by atoms with Gasteiger partial charge in [0.25, 0.3) is 0 Å². The van der Waals surface area contributed by atoms with Crippen molar-refractivity contribution in [1.82, 2.24) is 24.8 Å². The Labute approximate surface area is 180 Å². The maximum atomic E-state index is 11.6. The first-order valence-corrected chi connectivity index (χ1v) is 10.4. The molecule has 5 heterocycles. The number of aromatic nitrogens is 4. The molecule has 0 saturated carbocycles. The maximum absolute atomic E-state index is 11.6. The van der Waals surface area contributed by atoms with Crippen molar-refractivity contribution in [3.63, 3.8) is 0 Å². The van der Waals surface area contributed by atoms with Gasteiger partial charge in [0.05, 0.1) is 11.4 Å². The Hall–Kier alpha value is -3.80. The summed E-state index contributed by atoms with van der Waals surface area (Å²) in [5.41, 5.74) is 7.89. The van der Waals surface area contributed by atoms with Crippen molar-refractivity contribution in [1.29, 1.82) is 0 Å². The third-order valence-electron chi connectivity index (χ3n) is 5.75. The zero-order valence-corrected chi connectivity index (χ0v) is 17.6. The molecule has 1 amide bonds. The number of carbonyl (C=O) groups is 1. The van der Waals surface area contributed by atoms with E-state index >= 15 is 0 Å². The Morgan fingerprint density at radius 3 is 2.71 bits per heavy atom. The van der Waals surface area contributed by atoms with Crippen LogP contribution in [0.25, 0.3) is 39.1 Å². The van der Waals surface area contributed by atoms with E-state index in [9.17, 15) is 4.79 Å². The molecule has 0 fully saturated rings. The highest BCUT2D eigenvalue weighted by molar-refractivity contribution is 5.95. The van der Waals surface area contributed by atoms with Gasteiger partial charge in [-0.3, -0.25) is 14.8 Å². The molecule has 31 heavy (non-hydrogen) atoms. The van der Waals surface area contributed by atoms with E-state index in [1.807, 2.05) is 54.7 Å². The molecule has 1 aliphatic rings. The van der Waals surface area contributed by atoms with Gasteiger partial charge in [-0.25, -0.2) is 4.98 Å². The number of aromatic amines is 1. The van der Waals surface area contributed by atoms with E-state index in [4.69, 9.17) is 4.98 Å². The summed E-state index contributed by atoms with van der Waals surface area (Å²) >= 11 is 0. The van der Waals surface area contributed by atoms with E-state index in [0.29, 0.717) is 6.54 Å². The molecule has 6 nitrogen and oxygen atoms in total. The third-order valence-corrected chi connectivity index (χ3v) is 5.75. The minimum atomic E-state index is 0.117. The highest BCUT2D eigenvalue weighted by Crippen LogP contribution is 2.33. The van der Waals surface area contributed by atoms with Crippen molar-refractivity contribution < 1.29 is 4.79 Å². The van der Waals surface area contributed by atoms with Crippen molar-refractivity contribution in [3.8, 4) is 22.5 Å². The number of H-pyrrole nitrogens is 1. The second-order valence-corrected chi connectivity index (χ2v) is 7.87. The van der Waals surface area contributed by atoms with Crippen LogP contribution in [0.2, 0.25) is 0 Å². The molecular weight excluding hydrogens is 386 g/mol. The molecule has 6 heteroatoms. The van der Waals surface area contributed by atoms with Gasteiger partial charge in [-0.15, -0.1) is 0 Å². The maximum Gasteiger partial charge on any atom is 0.219 e. The Bertz CT molecular complexity index is 1320. The zero-order chi connectivity index (χ0) is 21.4. The lowest BCUT2D eigenvalue weighted by Gasteiger charge is -2.25. The van der Waals surface area contributed by atoms with Gasteiger partial charge in [-0.05, 0) is 60.4 Å². The van der Waals surface area contributed by atoms with Gasteiger partial charge in [-0.1, -0.05) is 12.1 Å². The largest absolute Gasteiger partial charge is 0.346 e. The van der Waals surface area contributed by atoms with Crippen LogP contribution in [0, 0.1) is 6.92 Å². The quantitative estimate of drug-likeness (QED) is 0.535. The van der Waals surface area contributed by atoms with E-state index in [0.717, 1.165) is 57.8 Å². The molecule has 1 aliphatic heterocycles. The first-order chi connectivity index (χ1) is 15.1. The number of amides is 1. The summed E-state index contributed by atoms with van der Waals surface area (Å²) in [5.74, 6) is 0.117. The van der Waals surface area contributed by atoms with Gasteiger partial charge in [0.1, 0.15) is 5.65 Å². The molecule has 0 aromatic carbocycles. The fourth-order valence-corrected chi connectivity index (χ4v) is 4.07. The van der Waals surface area contributed by atoms with Gasteiger partial charge in [0.2, 0.25) is 5.91 Å². The molecule has 1 N–H and O–H groups in total. The fraction of sp³-hybridized carbons (Fsp3) is 0.200. The summed E-state index contributed by atoms with van der Waals surface area (Å²) in [4.78, 5) is 30.7. The van der Waals surface area contributed by atoms with Crippen molar-refractivity contribution in [2.24, 2.45) is 0 Å². The Morgan fingerprint density at radius 1 is 1.06 bits per heavy atom. The average molecular weight is 409 g/mol. The Kier molecular flexibility index (Phi) is 4.82. The lowest BCUT2D eigenvalue weighted by molar-refractivity contribution is -0.128. The van der Waals surface area contributed by atoms with Gasteiger partial charge < -0.3 is 9.88 Å². The summed E-state index contributed by atoms with van der Waals surface area (Å²) in [6.07, 6.45) is 8.67. The molecule has 154 valence electrons. The summed E-state index contributed by atoms with van der Waals surface area (Å²) in [7, 11) is 0. The van der Waals surface area contributed by atoms with Crippen molar-refractivity contribution in [3.05, 3.63) is 72.3 Å². The van der Waals surface area contributed by atoms with Crippen LogP contribution in [0.3, 0.4) is 0 Å². The van der Waals surface area contributed by atoms with Crippen LogP contribution in [-0.4, -0.2) is 43.8 Å². The Balaban J connectivity index is 1.58. The van der Waals surface area contributed by atoms with Crippen LogP contribution in [-0.2, 0) is 4.79 Å². The SMILES string of the molecule is CC(=O)N1CC=C(c2cncc(-c3cc(-c4cccc(C)n4)nc4[nH]ccc34)c2)CC1. The monoisotopic (exact) mass is 409 g/mol. The minimum absolute atomic E-state index is 0.117. The second-order valence-electron chi connectivity index (χ2n) is 7.87. The van der Waals surface area contributed by atoms with Crippen LogP contribution < -0.4 is 0 Å². The molecule has 0 atom stereocenters. The number of pyridine rings is 3. The van der Waals surface area contributed by atoms with Crippen LogP contribution in [0.15, 0.2) is 61.1 Å². The molecule has 0 aliphatic carbocycles. The average Bonchev–Trinajstić information content (AvgIpc) is 3.27. The summed E-state index contributed by atoms with van der Waals surface area (Å²) in [6, 6.07) is 12.3. The Morgan fingerprint density at radius 2 is 1.94 bits per heavy atom. The molecule has 0 spiro atoms. The molecule has 0 saturated heterocycles. The molecular formula is C25H23N5O. The third kappa shape index (κ3) is 3.72. The number of nitrogens with one attached hydrogen (secondary N) is 1. The lowest BCUT2D eigenvalue weighted by Crippen LogP contribution is -2.32. The second kappa shape index (κ2) is 7.80. The van der Waals surface area contributed by atoms with Crippen LogP contribution in [0.4, 0.5) is 0 Å². The molecule has 0 radical (unpaired) electrons. The van der Waals surface area contributed by atoms with Gasteiger partial charge >= 0.3 is 0 Å². The molecule has 4 aromatic rings. The first kappa shape index (κ1) is 19.2. The van der Waals surface area contributed by atoms with E-state index < -0.39 is 0 Å². The number of fused-ring (bicyclic) bond motifs is 1. The van der Waals surface area contributed by atoms with Crippen LogP contribution >= 0.6 is 0 Å². The number of carbonyl (C=O) groups excluding carboxylic acids is 1. The first-order valence-electron chi connectivity index (χ1n) is 10.4. The summed E-state index contributed by atoms with van der Waals surface area (Å²) < 4.78 is 0. The number of hydrogen-bond donors (Lipinski definition) is 1. The van der Waals surface area contributed by atoms with Gasteiger partial charge in [0.15, 0.2) is 0 Å². The predicted molar refractivity (Wildman–Crippen MR) is 122 cm³/mol. The molecule has 5 rings (SSSR count). The van der Waals surface area contributed by atoms with Crippen molar-refractivity contribution in [2.75, 3.05) is 13.1 Å². The van der Waals surface area contributed by atoms with E-state index in [2.05, 4.69) is 33.2 Å². The van der Waals surface area contributed by atoms with Crippen molar-refractivity contribution in [2.45, 2.75) is 20.3 Å². The number of hydrogen-bond acceptors (Lipinski definition) is 4. The zero-order valence-electron chi connectivity index (χ0n) is 17.6. The molecule has 0 unspecified atom stereocenters. The molecule has 0 bridgehead atoms. The molecule has 4 aromatic heterocycles. The minimum Gasteiger partial charge on any atom is -0.346 e. The van der Waals surface area contributed by atoms with Crippen LogP contribution in [0.5, 0.6) is 0 Å². The highest BCUT2D eigenvalue weighted by atomic mass is 16.2. The van der Waals surface area contributed by atoms with Gasteiger partial charge in [0, 0.05) is 55.2 Å². The standard InChI is InChI=1S/C25H23N5O/c1-16-4-3-5-23(28-16)24-13-22(21-6-9-27-25(21)29-24)20-12-19(14-26-15-20)18-7-10-30(11-8-18)17(2)31/h3-7,9,12-15H,8,10-11H2,1-2H3,(H,27,29). The lowest BCUT2D eigenvalue weighted by atomic mass is 9.96. The topological polar surface area (TPSA) is 74.8 Å². The van der Waals surface area contributed by atoms with E-state index in [-0.39, 0.29) is 5.91 Å². The predicted octanol–water partition coefficient (Wildman–Crippen LogP) is 4.63. The number of aryl methyl sites for hydroxylation is 1. The smallest absolute Gasteiger partial charge is 0.219 e. The summed E-state index contributed by atoms with van der Waals surface area (Å²) in [5, 5.41) is 1.05. The summed E-state index contributed by atoms with van der Waals surface area (Å²) in [6.45, 7) is 4.99. The van der Waals surface area contributed by atoms with Crippen LogP contribution in [0.1, 0.15) is 24.6 Å². The number of rotatable bonds is 3. The number of nitrogens with zero attached hydrogens (tertiary/aromatic N) is 4. The van der Waals surface area contributed by atoms with E-state index in [1.165, 1.54) is 5.57 Å². The normalized spacial score (nSPS) is 14.0. The highest BCUT2D eigenvalue weighted by Gasteiger charge is 2.17. The van der Waals surface area contributed by atoms with Gasteiger partial charge in [-0.2, -0.15) is 0 Å². The fourth-order valence-electron chi connectivity index (χ4n) is 4.07.